The van der Waals surface area contributed by atoms with Crippen LogP contribution < -0.4 is 0 Å². The Labute approximate surface area is 136 Å². The van der Waals surface area contributed by atoms with Crippen molar-refractivity contribution < 1.29 is 28.7 Å². The molecule has 23 heavy (non-hydrogen) atoms. The van der Waals surface area contributed by atoms with Crippen LogP contribution in [0.4, 0.5) is 0 Å². The average Bonchev–Trinajstić information content (AvgIpc) is 2.49. The van der Waals surface area contributed by atoms with Gasteiger partial charge in [0, 0.05) is 17.6 Å². The van der Waals surface area contributed by atoms with E-state index in [0.29, 0.717) is 19.0 Å². The summed E-state index contributed by atoms with van der Waals surface area (Å²) >= 11 is 0. The molecule has 0 saturated carbocycles. The molecule has 6 nitrogen and oxygen atoms in total. The number of rotatable bonds is 10. The molecule has 0 spiro atoms. The SMILES string of the molecule is C=C(C)C(=O)OC(CCC)(OC(=O)C(=C)C)C(C=O)(C=O)CC. The van der Waals surface area contributed by atoms with Crippen LogP contribution in [0.1, 0.15) is 47.0 Å². The summed E-state index contributed by atoms with van der Waals surface area (Å²) in [5.41, 5.74) is -1.70. The molecular formula is C17H24O6. The number of hydrogen-bond acceptors (Lipinski definition) is 6. The normalized spacial score (nSPS) is 11.3. The molecule has 0 aromatic carbocycles. The van der Waals surface area contributed by atoms with Crippen LogP contribution in [-0.2, 0) is 28.7 Å². The maximum absolute atomic E-state index is 12.0. The first-order chi connectivity index (χ1) is 10.6. The second-order valence-electron chi connectivity index (χ2n) is 5.47. The van der Waals surface area contributed by atoms with E-state index in [1.165, 1.54) is 13.8 Å². The second-order valence-corrected chi connectivity index (χ2v) is 5.47. The molecule has 0 heterocycles. The van der Waals surface area contributed by atoms with Gasteiger partial charge in [0.2, 0.25) is 0 Å². The van der Waals surface area contributed by atoms with E-state index in [2.05, 4.69) is 13.2 Å². The highest BCUT2D eigenvalue weighted by Crippen LogP contribution is 2.40. The van der Waals surface area contributed by atoms with Crippen molar-refractivity contribution in [3.8, 4) is 0 Å². The van der Waals surface area contributed by atoms with E-state index in [1.54, 1.807) is 13.8 Å². The molecule has 0 aliphatic rings. The number of ether oxygens (including phenoxy) is 2. The Morgan fingerprint density at radius 3 is 1.57 bits per heavy atom. The quantitative estimate of drug-likeness (QED) is 0.202. The minimum Gasteiger partial charge on any atom is -0.418 e. The van der Waals surface area contributed by atoms with E-state index < -0.39 is 23.1 Å². The minimum atomic E-state index is -2.04. The Morgan fingerprint density at radius 1 is 0.957 bits per heavy atom. The van der Waals surface area contributed by atoms with Gasteiger partial charge in [-0.2, -0.15) is 0 Å². The Hall–Kier alpha value is -2.24. The summed E-state index contributed by atoms with van der Waals surface area (Å²) in [5.74, 6) is -3.74. The molecule has 0 unspecified atom stereocenters. The van der Waals surface area contributed by atoms with Crippen molar-refractivity contribution in [3.63, 3.8) is 0 Å². The Balaban J connectivity index is 6.23. The van der Waals surface area contributed by atoms with Gasteiger partial charge in [-0.15, -0.1) is 0 Å². The largest absolute Gasteiger partial charge is 0.418 e. The van der Waals surface area contributed by atoms with E-state index in [9.17, 15) is 19.2 Å². The van der Waals surface area contributed by atoms with Crippen molar-refractivity contribution in [3.05, 3.63) is 24.3 Å². The molecule has 0 amide bonds. The Bertz CT molecular complexity index is 481. The van der Waals surface area contributed by atoms with E-state index in [-0.39, 0.29) is 24.0 Å². The first-order valence-corrected chi connectivity index (χ1v) is 7.35. The van der Waals surface area contributed by atoms with Gasteiger partial charge < -0.3 is 19.1 Å². The maximum Gasteiger partial charge on any atom is 0.336 e. The summed E-state index contributed by atoms with van der Waals surface area (Å²) in [4.78, 5) is 47.3. The molecule has 6 heteroatoms. The first kappa shape index (κ1) is 20.8. The molecule has 0 radical (unpaired) electrons. The highest BCUT2D eigenvalue weighted by Gasteiger charge is 2.57. The zero-order valence-electron chi connectivity index (χ0n) is 14.1. The van der Waals surface area contributed by atoms with Crippen LogP contribution in [0, 0.1) is 5.41 Å². The fraction of sp³-hybridized carbons (Fsp3) is 0.529. The fourth-order valence-corrected chi connectivity index (χ4v) is 1.99. The smallest absolute Gasteiger partial charge is 0.336 e. The van der Waals surface area contributed by atoms with Crippen molar-refractivity contribution in [1.29, 1.82) is 0 Å². The molecule has 0 N–H and O–H groups in total. The minimum absolute atomic E-state index is 0.00700. The molecule has 128 valence electrons. The predicted octanol–water partition coefficient (Wildman–Crippen LogP) is 2.52. The molecule has 0 aromatic rings. The lowest BCUT2D eigenvalue weighted by Crippen LogP contribution is -2.56. The molecular weight excluding hydrogens is 300 g/mol. The molecule has 0 aromatic heterocycles. The highest BCUT2D eigenvalue weighted by atomic mass is 16.7. The van der Waals surface area contributed by atoms with E-state index in [4.69, 9.17) is 9.47 Å². The van der Waals surface area contributed by atoms with Crippen LogP contribution in [0.5, 0.6) is 0 Å². The Morgan fingerprint density at radius 2 is 1.35 bits per heavy atom. The topological polar surface area (TPSA) is 86.7 Å². The first-order valence-electron chi connectivity index (χ1n) is 7.35. The van der Waals surface area contributed by atoms with Gasteiger partial charge in [0.05, 0.1) is 0 Å². The predicted molar refractivity (Wildman–Crippen MR) is 84.3 cm³/mol. The van der Waals surface area contributed by atoms with Crippen LogP contribution in [-0.4, -0.2) is 30.3 Å². The lowest BCUT2D eigenvalue weighted by molar-refractivity contribution is -0.257. The van der Waals surface area contributed by atoms with Gasteiger partial charge in [-0.1, -0.05) is 27.0 Å². The maximum atomic E-state index is 12.0. The second kappa shape index (κ2) is 8.41. The van der Waals surface area contributed by atoms with Crippen molar-refractivity contribution >= 4 is 24.5 Å². The fourth-order valence-electron chi connectivity index (χ4n) is 1.99. The van der Waals surface area contributed by atoms with Crippen LogP contribution in [0.2, 0.25) is 0 Å². The van der Waals surface area contributed by atoms with Gasteiger partial charge >= 0.3 is 11.9 Å². The van der Waals surface area contributed by atoms with Crippen molar-refractivity contribution in [2.24, 2.45) is 5.41 Å². The summed E-state index contributed by atoms with van der Waals surface area (Å²) in [6.45, 7) is 13.1. The molecule has 0 bridgehead atoms. The third-order valence-corrected chi connectivity index (χ3v) is 3.51. The van der Waals surface area contributed by atoms with Gasteiger partial charge in [0.25, 0.3) is 5.79 Å². The third kappa shape index (κ3) is 4.37. The summed E-state index contributed by atoms with van der Waals surface area (Å²) in [5, 5.41) is 0. The number of carbonyl (C=O) groups is 4. The number of aldehydes is 2. The van der Waals surface area contributed by atoms with Gasteiger partial charge in [-0.05, 0) is 26.7 Å². The molecule has 0 saturated heterocycles. The van der Waals surface area contributed by atoms with Crippen molar-refractivity contribution in [2.45, 2.75) is 52.7 Å². The summed E-state index contributed by atoms with van der Waals surface area (Å²) in [6.07, 6.45) is 1.08. The lowest BCUT2D eigenvalue weighted by Gasteiger charge is -2.41. The zero-order chi connectivity index (χ0) is 18.3. The van der Waals surface area contributed by atoms with E-state index in [1.807, 2.05) is 0 Å². The lowest BCUT2D eigenvalue weighted by atomic mass is 9.76. The van der Waals surface area contributed by atoms with Gasteiger partial charge in [0.1, 0.15) is 12.6 Å². The molecule has 0 aliphatic heterocycles. The molecule has 0 aliphatic carbocycles. The number of hydrogen-bond donors (Lipinski definition) is 0. The highest BCUT2D eigenvalue weighted by molar-refractivity contribution is 5.92. The molecule has 0 fully saturated rings. The van der Waals surface area contributed by atoms with Gasteiger partial charge in [-0.25, -0.2) is 9.59 Å². The average molecular weight is 324 g/mol. The van der Waals surface area contributed by atoms with E-state index in [0.717, 1.165) is 0 Å². The van der Waals surface area contributed by atoms with Gasteiger partial charge in [-0.3, -0.25) is 0 Å². The molecule has 0 atom stereocenters. The third-order valence-electron chi connectivity index (χ3n) is 3.51. The summed E-state index contributed by atoms with van der Waals surface area (Å²) in [7, 11) is 0. The number of carbonyl (C=O) groups excluding carboxylic acids is 4. The monoisotopic (exact) mass is 324 g/mol. The van der Waals surface area contributed by atoms with Crippen molar-refractivity contribution in [2.75, 3.05) is 0 Å². The van der Waals surface area contributed by atoms with Crippen LogP contribution in [0.15, 0.2) is 24.3 Å². The van der Waals surface area contributed by atoms with Crippen LogP contribution in [0.25, 0.3) is 0 Å². The van der Waals surface area contributed by atoms with Crippen molar-refractivity contribution in [1.82, 2.24) is 0 Å². The standard InChI is InChI=1S/C17H24O6/c1-7-9-17(22-14(20)12(3)4,23-15(21)13(5)6)16(8-2,10-18)11-19/h10-11H,3,5,7-9H2,1-2,4,6H3. The van der Waals surface area contributed by atoms with Crippen LogP contribution >= 0.6 is 0 Å². The van der Waals surface area contributed by atoms with E-state index >= 15 is 0 Å². The summed E-state index contributed by atoms with van der Waals surface area (Å²) in [6, 6.07) is 0. The van der Waals surface area contributed by atoms with Crippen LogP contribution in [0.3, 0.4) is 0 Å². The van der Waals surface area contributed by atoms with Gasteiger partial charge in [0.15, 0.2) is 5.41 Å². The zero-order valence-corrected chi connectivity index (χ0v) is 14.1. The molecule has 0 rings (SSSR count). The number of esters is 2. The Kier molecular flexibility index (Phi) is 7.59. The summed E-state index contributed by atoms with van der Waals surface area (Å²) < 4.78 is 10.6.